The van der Waals surface area contributed by atoms with Crippen LogP contribution in [0.15, 0.2) is 41.8 Å². The zero-order chi connectivity index (χ0) is 24.5. The fourth-order valence-corrected chi connectivity index (χ4v) is 5.05. The van der Waals surface area contributed by atoms with E-state index in [2.05, 4.69) is 10.6 Å². The second kappa shape index (κ2) is 9.26. The van der Waals surface area contributed by atoms with Crippen LogP contribution in [0.2, 0.25) is 0 Å². The molecule has 2 aliphatic heterocycles. The Morgan fingerprint density at radius 1 is 1.15 bits per heavy atom. The molecule has 1 saturated heterocycles. The number of carbonyl (C=O) groups excluding carboxylic acids is 5. The number of para-hydroxylation sites is 1. The normalized spacial score (nSPS) is 19.0. The van der Waals surface area contributed by atoms with Gasteiger partial charge in [-0.05, 0) is 37.4 Å². The molecule has 10 nitrogen and oxygen atoms in total. The van der Waals surface area contributed by atoms with Crippen molar-refractivity contribution in [3.8, 4) is 0 Å². The van der Waals surface area contributed by atoms with Crippen molar-refractivity contribution in [1.82, 2.24) is 15.5 Å². The van der Waals surface area contributed by atoms with Crippen LogP contribution < -0.4 is 15.5 Å². The van der Waals surface area contributed by atoms with Gasteiger partial charge in [-0.1, -0.05) is 18.2 Å². The monoisotopic (exact) mass is 484 g/mol. The first-order valence-electron chi connectivity index (χ1n) is 10.8. The second-order valence-corrected chi connectivity index (χ2v) is 9.25. The number of urea groups is 1. The maximum absolute atomic E-state index is 13.4. The molecule has 0 spiro atoms. The lowest BCUT2D eigenvalue weighted by atomic mass is 9.95. The standard InChI is InChI=1S/C23H24N4O6S/c1-14(2)26-20(30)16-7-3-4-8-17(16)27-19(29)9-10-23(26,27)21(31)33-13-18(28)25-22(32)24-12-15-6-5-11-34-15/h3-8,11,14H,9-10,12-13H2,1-2H3,(H2,24,25,28,32). The van der Waals surface area contributed by atoms with Gasteiger partial charge in [-0.15, -0.1) is 11.3 Å². The summed E-state index contributed by atoms with van der Waals surface area (Å²) in [6, 6.07) is 9.12. The van der Waals surface area contributed by atoms with Crippen LogP contribution in [0.25, 0.3) is 0 Å². The molecule has 5 amide bonds. The van der Waals surface area contributed by atoms with Gasteiger partial charge in [0.15, 0.2) is 6.61 Å². The minimum absolute atomic E-state index is 0.0336. The summed E-state index contributed by atoms with van der Waals surface area (Å²) in [5.74, 6) is -2.45. The van der Waals surface area contributed by atoms with E-state index < -0.39 is 42.1 Å². The second-order valence-electron chi connectivity index (χ2n) is 8.22. The van der Waals surface area contributed by atoms with Crippen molar-refractivity contribution in [2.24, 2.45) is 0 Å². The minimum Gasteiger partial charge on any atom is -0.452 e. The van der Waals surface area contributed by atoms with E-state index in [-0.39, 0.29) is 25.3 Å². The zero-order valence-corrected chi connectivity index (χ0v) is 19.5. The number of rotatable bonds is 6. The van der Waals surface area contributed by atoms with E-state index in [0.717, 1.165) is 4.88 Å². The molecule has 4 rings (SSSR count). The molecule has 11 heteroatoms. The van der Waals surface area contributed by atoms with Crippen LogP contribution in [-0.2, 0) is 25.7 Å². The van der Waals surface area contributed by atoms with Crippen LogP contribution in [-0.4, -0.2) is 52.9 Å². The number of imide groups is 1. The number of benzene rings is 1. The lowest BCUT2D eigenvalue weighted by molar-refractivity contribution is -0.160. The molecular weight excluding hydrogens is 460 g/mol. The summed E-state index contributed by atoms with van der Waals surface area (Å²) in [4.78, 5) is 67.3. The van der Waals surface area contributed by atoms with Crippen molar-refractivity contribution >= 4 is 46.7 Å². The number of fused-ring (bicyclic) bond motifs is 3. The maximum atomic E-state index is 13.4. The Labute approximate surface area is 199 Å². The van der Waals surface area contributed by atoms with E-state index in [4.69, 9.17) is 4.74 Å². The number of hydrogen-bond acceptors (Lipinski definition) is 7. The number of anilines is 1. The van der Waals surface area contributed by atoms with Crippen LogP contribution >= 0.6 is 11.3 Å². The van der Waals surface area contributed by atoms with E-state index in [1.807, 2.05) is 17.5 Å². The Hall–Kier alpha value is -3.73. The van der Waals surface area contributed by atoms with E-state index in [0.29, 0.717) is 11.3 Å². The largest absolute Gasteiger partial charge is 0.452 e. The Morgan fingerprint density at radius 2 is 1.91 bits per heavy atom. The molecule has 1 aromatic carbocycles. The Kier molecular flexibility index (Phi) is 6.38. The third kappa shape index (κ3) is 4.03. The SMILES string of the molecule is CC(C)N1C(=O)c2ccccc2N2C(=O)CCC21C(=O)OCC(=O)NC(=O)NCc1cccs1. The fourth-order valence-electron chi connectivity index (χ4n) is 4.41. The number of thiophene rings is 1. The molecule has 34 heavy (non-hydrogen) atoms. The summed E-state index contributed by atoms with van der Waals surface area (Å²) in [5.41, 5.74) is -1.05. The number of esters is 1. The van der Waals surface area contributed by atoms with Gasteiger partial charge < -0.3 is 15.0 Å². The van der Waals surface area contributed by atoms with Gasteiger partial charge in [0.25, 0.3) is 11.8 Å². The first-order valence-corrected chi connectivity index (χ1v) is 11.7. The van der Waals surface area contributed by atoms with E-state index in [9.17, 15) is 24.0 Å². The van der Waals surface area contributed by atoms with Gasteiger partial charge in [0, 0.05) is 23.8 Å². The van der Waals surface area contributed by atoms with Crippen LogP contribution in [0.1, 0.15) is 41.9 Å². The van der Waals surface area contributed by atoms with E-state index in [1.54, 1.807) is 38.1 Å². The number of hydrogen-bond donors (Lipinski definition) is 2. The van der Waals surface area contributed by atoms with Crippen LogP contribution in [0.3, 0.4) is 0 Å². The molecule has 1 unspecified atom stereocenters. The van der Waals surface area contributed by atoms with Gasteiger partial charge in [0.2, 0.25) is 11.6 Å². The first-order chi connectivity index (χ1) is 16.3. The predicted octanol–water partition coefficient (Wildman–Crippen LogP) is 2.00. The van der Waals surface area contributed by atoms with Gasteiger partial charge >= 0.3 is 12.0 Å². The molecule has 0 radical (unpaired) electrons. The molecule has 0 aliphatic carbocycles. The van der Waals surface area contributed by atoms with Gasteiger partial charge in [-0.2, -0.15) is 0 Å². The third-order valence-corrected chi connectivity index (χ3v) is 6.61. The lowest BCUT2D eigenvalue weighted by Gasteiger charge is -2.50. The van der Waals surface area contributed by atoms with Gasteiger partial charge in [-0.25, -0.2) is 9.59 Å². The summed E-state index contributed by atoms with van der Waals surface area (Å²) in [5, 5.41) is 6.51. The van der Waals surface area contributed by atoms with Gasteiger partial charge in [0.1, 0.15) is 0 Å². The molecule has 2 N–H and O–H groups in total. The lowest BCUT2D eigenvalue weighted by Crippen LogP contribution is -2.70. The van der Waals surface area contributed by atoms with Gasteiger partial charge in [0.05, 0.1) is 17.8 Å². The Morgan fingerprint density at radius 3 is 2.62 bits per heavy atom. The van der Waals surface area contributed by atoms with E-state index in [1.165, 1.54) is 21.1 Å². The molecule has 1 fully saturated rings. The Balaban J connectivity index is 1.49. The van der Waals surface area contributed by atoms with Gasteiger partial charge in [-0.3, -0.25) is 24.6 Å². The van der Waals surface area contributed by atoms with Crippen molar-refractivity contribution in [3.05, 3.63) is 52.2 Å². The average molecular weight is 485 g/mol. The quantitative estimate of drug-likeness (QED) is 0.605. The highest BCUT2D eigenvalue weighted by molar-refractivity contribution is 7.09. The number of carbonyl (C=O) groups is 5. The molecule has 3 heterocycles. The van der Waals surface area contributed by atoms with Crippen molar-refractivity contribution in [2.45, 2.75) is 44.9 Å². The minimum atomic E-state index is -1.70. The third-order valence-electron chi connectivity index (χ3n) is 5.73. The topological polar surface area (TPSA) is 125 Å². The molecule has 0 saturated carbocycles. The molecule has 0 bridgehead atoms. The molecular formula is C23H24N4O6S. The summed E-state index contributed by atoms with van der Waals surface area (Å²) in [6.45, 7) is 3.00. The van der Waals surface area contributed by atoms with Crippen LogP contribution in [0.4, 0.5) is 10.5 Å². The van der Waals surface area contributed by atoms with Crippen molar-refractivity contribution < 1.29 is 28.7 Å². The van der Waals surface area contributed by atoms with Crippen molar-refractivity contribution in [1.29, 1.82) is 0 Å². The maximum Gasteiger partial charge on any atom is 0.354 e. The molecule has 1 aromatic heterocycles. The fraction of sp³-hybridized carbons (Fsp3) is 0.348. The smallest absolute Gasteiger partial charge is 0.354 e. The molecule has 178 valence electrons. The summed E-state index contributed by atoms with van der Waals surface area (Å²) in [6.07, 6.45) is 0.0725. The molecule has 2 aromatic rings. The number of nitrogens with one attached hydrogen (secondary N) is 2. The van der Waals surface area contributed by atoms with Crippen LogP contribution in [0.5, 0.6) is 0 Å². The number of nitrogens with zero attached hydrogens (tertiary/aromatic N) is 2. The summed E-state index contributed by atoms with van der Waals surface area (Å²) >= 11 is 1.46. The highest BCUT2D eigenvalue weighted by Crippen LogP contribution is 2.45. The van der Waals surface area contributed by atoms with Crippen molar-refractivity contribution in [3.63, 3.8) is 0 Å². The molecule has 2 aliphatic rings. The highest BCUT2D eigenvalue weighted by atomic mass is 32.1. The molecule has 1 atom stereocenters. The van der Waals surface area contributed by atoms with Crippen molar-refractivity contribution in [2.75, 3.05) is 11.5 Å². The highest BCUT2D eigenvalue weighted by Gasteiger charge is 2.62. The predicted molar refractivity (Wildman–Crippen MR) is 123 cm³/mol. The number of amides is 5. The number of ether oxygens (including phenoxy) is 1. The van der Waals surface area contributed by atoms with Crippen LogP contribution in [0, 0.1) is 0 Å². The first kappa shape index (κ1) is 23.4. The zero-order valence-electron chi connectivity index (χ0n) is 18.7. The average Bonchev–Trinajstić information content (AvgIpc) is 3.45. The van der Waals surface area contributed by atoms with E-state index >= 15 is 0 Å². The Bertz CT molecular complexity index is 1150. The summed E-state index contributed by atoms with van der Waals surface area (Å²) < 4.78 is 5.27. The summed E-state index contributed by atoms with van der Waals surface area (Å²) in [7, 11) is 0.